The highest BCUT2D eigenvalue weighted by molar-refractivity contribution is 5.58. The number of hydrogen-bond donors (Lipinski definition) is 2. The fourth-order valence-corrected chi connectivity index (χ4v) is 1.40. The van der Waals surface area contributed by atoms with E-state index >= 15 is 0 Å². The van der Waals surface area contributed by atoms with E-state index in [4.69, 9.17) is 9.84 Å². The normalized spacial score (nSPS) is 10.4. The van der Waals surface area contributed by atoms with Gasteiger partial charge < -0.3 is 14.8 Å². The molecule has 0 fully saturated rings. The van der Waals surface area contributed by atoms with Gasteiger partial charge in [0.1, 0.15) is 17.4 Å². The number of aromatic amines is 1. The van der Waals surface area contributed by atoms with Crippen molar-refractivity contribution in [2.45, 2.75) is 6.61 Å². The molecule has 0 unspecified atom stereocenters. The van der Waals surface area contributed by atoms with E-state index < -0.39 is 5.82 Å². The maximum atomic E-state index is 13.2. The van der Waals surface area contributed by atoms with E-state index in [9.17, 15) is 4.39 Å². The molecule has 0 saturated heterocycles. The Kier molecular flexibility index (Phi) is 2.87. The molecule has 4 nitrogen and oxygen atoms in total. The highest BCUT2D eigenvalue weighted by Crippen LogP contribution is 2.23. The first kappa shape index (κ1) is 10.6. The predicted molar refractivity (Wildman–Crippen MR) is 56.5 cm³/mol. The van der Waals surface area contributed by atoms with Crippen molar-refractivity contribution < 1.29 is 14.2 Å². The molecule has 0 aliphatic heterocycles. The molecule has 5 heteroatoms. The van der Waals surface area contributed by atoms with Crippen LogP contribution in [0.5, 0.6) is 5.75 Å². The van der Waals surface area contributed by atoms with E-state index in [0.29, 0.717) is 22.8 Å². The summed E-state index contributed by atoms with van der Waals surface area (Å²) in [5, 5.41) is 8.88. The smallest absolute Gasteiger partial charge is 0.137 e. The monoisotopic (exact) mass is 222 g/mol. The lowest BCUT2D eigenvalue weighted by Crippen LogP contribution is -1.88. The van der Waals surface area contributed by atoms with Gasteiger partial charge in [0, 0.05) is 11.6 Å². The molecule has 1 aromatic carbocycles. The Hall–Kier alpha value is -1.88. The zero-order valence-corrected chi connectivity index (χ0v) is 8.70. The third-order valence-electron chi connectivity index (χ3n) is 2.18. The number of methoxy groups -OCH3 is 1. The van der Waals surface area contributed by atoms with Crippen LogP contribution in [0.25, 0.3) is 11.4 Å². The molecule has 2 N–H and O–H groups in total. The van der Waals surface area contributed by atoms with Crippen molar-refractivity contribution in [1.29, 1.82) is 0 Å². The molecular weight excluding hydrogens is 211 g/mol. The van der Waals surface area contributed by atoms with Crippen LogP contribution in [0.4, 0.5) is 4.39 Å². The summed E-state index contributed by atoms with van der Waals surface area (Å²) in [6, 6.07) is 4.31. The third-order valence-corrected chi connectivity index (χ3v) is 2.18. The lowest BCUT2D eigenvalue weighted by molar-refractivity contribution is 0.277. The Bertz CT molecular complexity index is 496. The van der Waals surface area contributed by atoms with E-state index in [-0.39, 0.29) is 6.61 Å². The second kappa shape index (κ2) is 4.32. The number of aliphatic hydroxyl groups excluding tert-OH is 1. The van der Waals surface area contributed by atoms with Crippen molar-refractivity contribution >= 4 is 0 Å². The molecule has 0 saturated carbocycles. The minimum atomic E-state index is -0.392. The van der Waals surface area contributed by atoms with Crippen LogP contribution < -0.4 is 4.74 Å². The molecule has 0 aliphatic carbocycles. The fraction of sp³-hybridized carbons (Fsp3) is 0.182. The Labute approximate surface area is 91.7 Å². The second-order valence-corrected chi connectivity index (χ2v) is 3.29. The van der Waals surface area contributed by atoms with Crippen LogP contribution >= 0.6 is 0 Å². The van der Waals surface area contributed by atoms with Gasteiger partial charge in [0.25, 0.3) is 0 Å². The summed E-state index contributed by atoms with van der Waals surface area (Å²) in [6.45, 7) is -0.126. The number of nitrogens with one attached hydrogen (secondary N) is 1. The number of ether oxygens (including phenoxy) is 1. The molecule has 0 atom stereocenters. The number of aromatic nitrogens is 2. The van der Waals surface area contributed by atoms with Gasteiger partial charge in [0.05, 0.1) is 25.6 Å². The van der Waals surface area contributed by atoms with Crippen LogP contribution in [0.1, 0.15) is 5.69 Å². The largest absolute Gasteiger partial charge is 0.497 e. The molecule has 1 aromatic heterocycles. The Morgan fingerprint density at radius 2 is 2.25 bits per heavy atom. The first-order valence-electron chi connectivity index (χ1n) is 4.72. The molecule has 0 radical (unpaired) electrons. The van der Waals surface area contributed by atoms with Crippen LogP contribution in [0.2, 0.25) is 0 Å². The fourth-order valence-electron chi connectivity index (χ4n) is 1.40. The summed E-state index contributed by atoms with van der Waals surface area (Å²) in [5.74, 6) is 0.537. The zero-order valence-electron chi connectivity index (χ0n) is 8.70. The molecule has 16 heavy (non-hydrogen) atoms. The number of H-pyrrole nitrogens is 1. The minimum absolute atomic E-state index is 0.126. The van der Waals surface area contributed by atoms with Crippen LogP contribution in [0.3, 0.4) is 0 Å². The van der Waals surface area contributed by atoms with Gasteiger partial charge in [-0.3, -0.25) is 0 Å². The summed E-state index contributed by atoms with van der Waals surface area (Å²) in [6.07, 6.45) is 1.51. The Balaban J connectivity index is 2.42. The maximum absolute atomic E-state index is 13.2. The summed E-state index contributed by atoms with van der Waals surface area (Å²) in [4.78, 5) is 6.91. The van der Waals surface area contributed by atoms with E-state index in [1.54, 1.807) is 6.07 Å². The van der Waals surface area contributed by atoms with Crippen LogP contribution in [-0.2, 0) is 6.61 Å². The average molecular weight is 222 g/mol. The highest BCUT2D eigenvalue weighted by atomic mass is 19.1. The lowest BCUT2D eigenvalue weighted by Gasteiger charge is -2.02. The SMILES string of the molecule is COc1cc(F)cc(-c2ncc(CO)[nH]2)c1. The molecule has 1 heterocycles. The third kappa shape index (κ3) is 2.04. The molecule has 84 valence electrons. The number of rotatable bonds is 3. The summed E-state index contributed by atoms with van der Waals surface area (Å²) in [7, 11) is 1.47. The number of benzene rings is 1. The van der Waals surface area contributed by atoms with Crippen LogP contribution in [0.15, 0.2) is 24.4 Å². The van der Waals surface area contributed by atoms with Crippen molar-refractivity contribution in [1.82, 2.24) is 9.97 Å². The summed E-state index contributed by atoms with van der Waals surface area (Å²) >= 11 is 0. The van der Waals surface area contributed by atoms with Crippen molar-refractivity contribution in [2.75, 3.05) is 7.11 Å². The first-order chi connectivity index (χ1) is 7.72. The molecule has 2 rings (SSSR count). The van der Waals surface area contributed by atoms with Crippen LogP contribution in [0, 0.1) is 5.82 Å². The van der Waals surface area contributed by atoms with E-state index in [1.807, 2.05) is 0 Å². The van der Waals surface area contributed by atoms with Gasteiger partial charge in [0.15, 0.2) is 0 Å². The molecule has 0 amide bonds. The molecule has 0 aliphatic rings. The standard InChI is InChI=1S/C11H11FN2O2/c1-16-10-3-7(2-8(12)4-10)11-13-5-9(6-15)14-11/h2-5,15H,6H2,1H3,(H,13,14). The average Bonchev–Trinajstić information content (AvgIpc) is 2.76. The number of imidazole rings is 1. The van der Waals surface area contributed by atoms with E-state index in [2.05, 4.69) is 9.97 Å². The quantitative estimate of drug-likeness (QED) is 0.831. The maximum Gasteiger partial charge on any atom is 0.137 e. The highest BCUT2D eigenvalue weighted by Gasteiger charge is 2.06. The van der Waals surface area contributed by atoms with Gasteiger partial charge in [-0.1, -0.05) is 0 Å². The van der Waals surface area contributed by atoms with Gasteiger partial charge >= 0.3 is 0 Å². The van der Waals surface area contributed by atoms with E-state index in [1.165, 1.54) is 25.4 Å². The number of hydrogen-bond acceptors (Lipinski definition) is 3. The number of nitrogens with zero attached hydrogens (tertiary/aromatic N) is 1. The van der Waals surface area contributed by atoms with Gasteiger partial charge in [-0.25, -0.2) is 9.37 Å². The molecule has 0 bridgehead atoms. The van der Waals surface area contributed by atoms with Gasteiger partial charge in [-0.2, -0.15) is 0 Å². The lowest BCUT2D eigenvalue weighted by atomic mass is 10.2. The van der Waals surface area contributed by atoms with Crippen LogP contribution in [-0.4, -0.2) is 22.2 Å². The van der Waals surface area contributed by atoms with Gasteiger partial charge in [0.2, 0.25) is 0 Å². The number of halogens is 1. The molecular formula is C11H11FN2O2. The zero-order chi connectivity index (χ0) is 11.5. The van der Waals surface area contributed by atoms with Crippen molar-refractivity contribution in [3.05, 3.63) is 35.9 Å². The topological polar surface area (TPSA) is 58.1 Å². The Morgan fingerprint density at radius 3 is 2.88 bits per heavy atom. The molecule has 0 spiro atoms. The number of aliphatic hydroxyl groups is 1. The van der Waals surface area contributed by atoms with Gasteiger partial charge in [-0.05, 0) is 12.1 Å². The van der Waals surface area contributed by atoms with E-state index in [0.717, 1.165) is 0 Å². The van der Waals surface area contributed by atoms with Crippen molar-refractivity contribution in [3.63, 3.8) is 0 Å². The first-order valence-corrected chi connectivity index (χ1v) is 4.72. The molecule has 2 aromatic rings. The van der Waals surface area contributed by atoms with Crippen molar-refractivity contribution in [3.8, 4) is 17.1 Å². The minimum Gasteiger partial charge on any atom is -0.497 e. The second-order valence-electron chi connectivity index (χ2n) is 3.29. The summed E-state index contributed by atoms with van der Waals surface area (Å²) in [5.41, 5.74) is 1.16. The summed E-state index contributed by atoms with van der Waals surface area (Å²) < 4.78 is 18.2. The van der Waals surface area contributed by atoms with Gasteiger partial charge in [-0.15, -0.1) is 0 Å². The predicted octanol–water partition coefficient (Wildman–Crippen LogP) is 1.72. The Morgan fingerprint density at radius 1 is 1.44 bits per heavy atom. The van der Waals surface area contributed by atoms with Crippen molar-refractivity contribution in [2.24, 2.45) is 0 Å².